The number of hydrogen-bond acceptors (Lipinski definition) is 7. The van der Waals surface area contributed by atoms with E-state index in [0.29, 0.717) is 18.2 Å². The molecule has 0 radical (unpaired) electrons. The molecule has 36 heavy (non-hydrogen) atoms. The highest BCUT2D eigenvalue weighted by Gasteiger charge is 2.37. The number of nitrogens with zero attached hydrogens (tertiary/aromatic N) is 4. The van der Waals surface area contributed by atoms with Crippen LogP contribution in [0, 0.1) is 0 Å². The van der Waals surface area contributed by atoms with Gasteiger partial charge in [-0.2, -0.15) is 0 Å². The zero-order valence-electron chi connectivity index (χ0n) is 20.2. The summed E-state index contributed by atoms with van der Waals surface area (Å²) in [5.74, 6) is -2.10. The van der Waals surface area contributed by atoms with Crippen molar-refractivity contribution in [3.05, 3.63) is 53.9 Å². The molecule has 1 atom stereocenters. The van der Waals surface area contributed by atoms with Crippen molar-refractivity contribution in [1.29, 1.82) is 0 Å². The summed E-state index contributed by atoms with van der Waals surface area (Å²) in [6.07, 6.45) is 5.13. The second-order valence-electron chi connectivity index (χ2n) is 9.34. The van der Waals surface area contributed by atoms with E-state index in [9.17, 15) is 13.6 Å². The number of anilines is 1. The zero-order chi connectivity index (χ0) is 25.1. The third-order valence-corrected chi connectivity index (χ3v) is 6.64. The number of piperidine rings is 1. The lowest BCUT2D eigenvalue weighted by molar-refractivity contribution is -0.0632. The van der Waals surface area contributed by atoms with E-state index in [1.54, 1.807) is 18.5 Å². The standard InChI is InChI=1S/C26H30F2N6O2/c1-2-36-25-30-14-17(15-31-25)22(34-12-10-26(27,28)11-13-34)16-29-24(35)20-4-3-5-21-19(20)8-9-23(33-21)32-18-6-7-18/h3-5,8-9,14-15,18,22H,2,6-7,10-13,16H2,1H3,(H,29,35)(H,32,33). The SMILES string of the molecule is CCOc1ncc(C(CNC(=O)c2cccc3nc(NC4CC4)ccc23)N2CCC(F)(F)CC2)cn1. The van der Waals surface area contributed by atoms with Crippen LogP contribution in [0.5, 0.6) is 6.01 Å². The highest BCUT2D eigenvalue weighted by molar-refractivity contribution is 6.06. The Balaban J connectivity index is 1.33. The Bertz CT molecular complexity index is 1210. The molecule has 190 valence electrons. The summed E-state index contributed by atoms with van der Waals surface area (Å²) in [6.45, 7) is 2.95. The average molecular weight is 497 g/mol. The van der Waals surface area contributed by atoms with Gasteiger partial charge in [-0.05, 0) is 44.0 Å². The van der Waals surface area contributed by atoms with Crippen molar-refractivity contribution in [1.82, 2.24) is 25.2 Å². The van der Waals surface area contributed by atoms with Gasteiger partial charge in [-0.1, -0.05) is 6.07 Å². The van der Waals surface area contributed by atoms with Crippen LogP contribution in [-0.4, -0.2) is 64.0 Å². The van der Waals surface area contributed by atoms with Crippen LogP contribution in [0.3, 0.4) is 0 Å². The van der Waals surface area contributed by atoms with Gasteiger partial charge in [0.2, 0.25) is 0 Å². The second-order valence-corrected chi connectivity index (χ2v) is 9.34. The monoisotopic (exact) mass is 496 g/mol. The van der Waals surface area contributed by atoms with Crippen molar-refractivity contribution in [2.75, 3.05) is 31.6 Å². The lowest BCUT2D eigenvalue weighted by Gasteiger charge is -2.37. The topological polar surface area (TPSA) is 92.3 Å². The summed E-state index contributed by atoms with van der Waals surface area (Å²) in [5.41, 5.74) is 1.99. The molecule has 1 aliphatic heterocycles. The van der Waals surface area contributed by atoms with Gasteiger partial charge in [0.05, 0.1) is 18.2 Å². The molecule has 1 saturated carbocycles. The number of hydrogen-bond donors (Lipinski definition) is 2. The summed E-state index contributed by atoms with van der Waals surface area (Å²) in [7, 11) is 0. The van der Waals surface area contributed by atoms with E-state index in [1.165, 1.54) is 0 Å². The Labute approximate surface area is 208 Å². The number of benzene rings is 1. The summed E-state index contributed by atoms with van der Waals surface area (Å²) >= 11 is 0. The fourth-order valence-electron chi connectivity index (χ4n) is 4.48. The average Bonchev–Trinajstić information content (AvgIpc) is 3.69. The molecule has 1 aromatic carbocycles. The van der Waals surface area contributed by atoms with Gasteiger partial charge >= 0.3 is 6.01 Å². The van der Waals surface area contributed by atoms with Gasteiger partial charge < -0.3 is 15.4 Å². The first kappa shape index (κ1) is 24.3. The zero-order valence-corrected chi connectivity index (χ0v) is 20.2. The number of carbonyl (C=O) groups excluding carboxylic acids is 1. The minimum Gasteiger partial charge on any atom is -0.464 e. The number of likely N-dealkylation sites (tertiary alicyclic amines) is 1. The van der Waals surface area contributed by atoms with Gasteiger partial charge in [-0.15, -0.1) is 0 Å². The molecule has 5 rings (SSSR count). The van der Waals surface area contributed by atoms with Crippen LogP contribution in [0.15, 0.2) is 42.7 Å². The van der Waals surface area contributed by atoms with Crippen LogP contribution in [0.2, 0.25) is 0 Å². The third kappa shape index (κ3) is 5.70. The lowest BCUT2D eigenvalue weighted by atomic mass is 10.0. The van der Waals surface area contributed by atoms with Crippen molar-refractivity contribution in [2.45, 2.75) is 50.6 Å². The van der Waals surface area contributed by atoms with Crippen LogP contribution >= 0.6 is 0 Å². The molecule has 1 amide bonds. The Morgan fingerprint density at radius 1 is 1.17 bits per heavy atom. The number of aromatic nitrogens is 3. The van der Waals surface area contributed by atoms with Crippen LogP contribution < -0.4 is 15.4 Å². The first-order chi connectivity index (χ1) is 17.4. The quantitative estimate of drug-likeness (QED) is 0.459. The Kier molecular flexibility index (Phi) is 6.95. The minimum absolute atomic E-state index is 0.218. The van der Waals surface area contributed by atoms with Crippen molar-refractivity contribution in [3.8, 4) is 6.01 Å². The molecule has 2 aromatic heterocycles. The molecule has 2 N–H and O–H groups in total. The predicted molar refractivity (Wildman–Crippen MR) is 132 cm³/mol. The van der Waals surface area contributed by atoms with E-state index in [4.69, 9.17) is 4.74 Å². The highest BCUT2D eigenvalue weighted by atomic mass is 19.3. The Morgan fingerprint density at radius 2 is 1.92 bits per heavy atom. The molecule has 3 heterocycles. The van der Waals surface area contributed by atoms with E-state index in [2.05, 4.69) is 25.6 Å². The predicted octanol–water partition coefficient (Wildman–Crippen LogP) is 4.20. The van der Waals surface area contributed by atoms with E-state index in [1.807, 2.05) is 36.1 Å². The molecule has 10 heteroatoms. The van der Waals surface area contributed by atoms with Crippen LogP contribution in [0.25, 0.3) is 10.9 Å². The largest absolute Gasteiger partial charge is 0.464 e. The first-order valence-electron chi connectivity index (χ1n) is 12.4. The van der Waals surface area contributed by atoms with Crippen molar-refractivity contribution in [2.24, 2.45) is 0 Å². The van der Waals surface area contributed by atoms with E-state index < -0.39 is 5.92 Å². The first-order valence-corrected chi connectivity index (χ1v) is 12.4. The molecule has 1 unspecified atom stereocenters. The fourth-order valence-corrected chi connectivity index (χ4v) is 4.48. The van der Waals surface area contributed by atoms with Crippen molar-refractivity contribution >= 4 is 22.6 Å². The van der Waals surface area contributed by atoms with Crippen molar-refractivity contribution in [3.63, 3.8) is 0 Å². The van der Waals surface area contributed by atoms with Crippen LogP contribution in [-0.2, 0) is 0 Å². The molecular formula is C26H30F2N6O2. The number of rotatable bonds is 9. The number of amides is 1. The molecule has 0 spiro atoms. The summed E-state index contributed by atoms with van der Waals surface area (Å²) in [4.78, 5) is 28.3. The number of carbonyl (C=O) groups is 1. The molecule has 1 aliphatic carbocycles. The van der Waals surface area contributed by atoms with E-state index in [0.717, 1.165) is 35.1 Å². The molecule has 3 aromatic rings. The molecule has 2 aliphatic rings. The molecular weight excluding hydrogens is 466 g/mol. The number of alkyl halides is 2. The minimum atomic E-state index is -2.66. The van der Waals surface area contributed by atoms with E-state index >= 15 is 0 Å². The number of ether oxygens (including phenoxy) is 1. The van der Waals surface area contributed by atoms with Gasteiger partial charge in [-0.25, -0.2) is 23.7 Å². The van der Waals surface area contributed by atoms with Gasteiger partial charge in [0.15, 0.2) is 0 Å². The number of pyridine rings is 1. The molecule has 1 saturated heterocycles. The normalized spacial score (nSPS) is 18.5. The third-order valence-electron chi connectivity index (χ3n) is 6.64. The van der Waals surface area contributed by atoms with Gasteiger partial charge in [0.1, 0.15) is 5.82 Å². The maximum Gasteiger partial charge on any atom is 0.316 e. The molecule has 2 fully saturated rings. The summed E-state index contributed by atoms with van der Waals surface area (Å²) < 4.78 is 33.0. The van der Waals surface area contributed by atoms with Gasteiger partial charge in [0, 0.05) is 67.4 Å². The van der Waals surface area contributed by atoms with Gasteiger partial charge in [0.25, 0.3) is 11.8 Å². The molecule has 8 nitrogen and oxygen atoms in total. The number of halogens is 2. The lowest BCUT2D eigenvalue weighted by Crippen LogP contribution is -2.45. The molecule has 0 bridgehead atoms. The van der Waals surface area contributed by atoms with E-state index in [-0.39, 0.29) is 50.4 Å². The fraction of sp³-hybridized carbons (Fsp3) is 0.462. The Morgan fingerprint density at radius 3 is 2.61 bits per heavy atom. The maximum atomic E-state index is 13.8. The van der Waals surface area contributed by atoms with Gasteiger partial charge in [-0.3, -0.25) is 9.69 Å². The summed E-state index contributed by atoms with van der Waals surface area (Å²) in [6, 6.07) is 9.67. The van der Waals surface area contributed by atoms with Crippen molar-refractivity contribution < 1.29 is 18.3 Å². The summed E-state index contributed by atoms with van der Waals surface area (Å²) in [5, 5.41) is 7.14. The number of nitrogens with one attached hydrogen (secondary N) is 2. The second kappa shape index (κ2) is 10.3. The maximum absolute atomic E-state index is 13.8. The number of fused-ring (bicyclic) bond motifs is 1. The highest BCUT2D eigenvalue weighted by Crippen LogP contribution is 2.32. The smallest absolute Gasteiger partial charge is 0.316 e. The van der Waals surface area contributed by atoms with Crippen LogP contribution in [0.4, 0.5) is 14.6 Å². The Hall–Kier alpha value is -3.40. The van der Waals surface area contributed by atoms with Crippen LogP contribution in [0.1, 0.15) is 54.6 Å².